The molecule has 0 spiro atoms. The molecular weight excluding hydrogens is 216 g/mol. The van der Waals surface area contributed by atoms with Gasteiger partial charge in [0.15, 0.2) is 0 Å². The molecule has 1 saturated carbocycles. The predicted molar refractivity (Wildman–Crippen MR) is 56.2 cm³/mol. The van der Waals surface area contributed by atoms with Crippen LogP contribution in [0.4, 0.5) is 8.78 Å². The third kappa shape index (κ3) is 4.88. The zero-order valence-corrected chi connectivity index (χ0v) is 9.35. The van der Waals surface area contributed by atoms with Crippen LogP contribution in [0.2, 0.25) is 0 Å². The van der Waals surface area contributed by atoms with Gasteiger partial charge >= 0.3 is 0 Å². The molecule has 3 nitrogen and oxygen atoms in total. The van der Waals surface area contributed by atoms with Crippen LogP contribution in [0.5, 0.6) is 0 Å². The normalized spacial score (nSPS) is 18.4. The van der Waals surface area contributed by atoms with Crippen LogP contribution in [-0.4, -0.2) is 30.1 Å². The number of rotatable bonds is 5. The van der Waals surface area contributed by atoms with Gasteiger partial charge in [-0.05, 0) is 18.8 Å². The summed E-state index contributed by atoms with van der Waals surface area (Å²) in [5, 5.41) is 10.5. The van der Waals surface area contributed by atoms with Crippen LogP contribution in [0.3, 0.4) is 0 Å². The highest BCUT2D eigenvalue weighted by Gasteiger charge is 2.28. The summed E-state index contributed by atoms with van der Waals surface area (Å²) in [6.45, 7) is -1.99. The van der Waals surface area contributed by atoms with Crippen LogP contribution >= 0.6 is 0 Å². The summed E-state index contributed by atoms with van der Waals surface area (Å²) in [5.74, 6) is -3.20. The van der Waals surface area contributed by atoms with E-state index in [0.29, 0.717) is 12.3 Å². The Morgan fingerprint density at radius 3 is 2.50 bits per heavy atom. The summed E-state index contributed by atoms with van der Waals surface area (Å²) in [7, 11) is 0. The molecule has 0 atom stereocenters. The van der Waals surface area contributed by atoms with E-state index in [9.17, 15) is 13.6 Å². The minimum atomic E-state index is -3.21. The van der Waals surface area contributed by atoms with Crippen molar-refractivity contribution in [1.29, 1.82) is 0 Å². The molecule has 1 fully saturated rings. The maximum Gasteiger partial charge on any atom is 0.287 e. The fraction of sp³-hybridized carbons (Fsp3) is 0.909. The number of carbonyl (C=O) groups is 1. The third-order valence-corrected chi connectivity index (χ3v) is 2.97. The Balaban J connectivity index is 2.19. The van der Waals surface area contributed by atoms with Crippen molar-refractivity contribution in [2.45, 2.75) is 44.4 Å². The summed E-state index contributed by atoms with van der Waals surface area (Å²) in [6, 6.07) is 0. The number of amides is 1. The van der Waals surface area contributed by atoms with Gasteiger partial charge in [0.2, 0.25) is 5.91 Å². The van der Waals surface area contributed by atoms with E-state index < -0.39 is 19.1 Å². The SMILES string of the molecule is O=C(CC1CCCCC1)NCC(F)(F)CO. The van der Waals surface area contributed by atoms with Gasteiger partial charge in [0.25, 0.3) is 5.92 Å². The summed E-state index contributed by atoms with van der Waals surface area (Å²) in [6.07, 6.45) is 5.84. The number of hydrogen-bond donors (Lipinski definition) is 2. The number of aliphatic hydroxyl groups is 1. The van der Waals surface area contributed by atoms with Crippen LogP contribution < -0.4 is 5.32 Å². The van der Waals surface area contributed by atoms with E-state index in [4.69, 9.17) is 5.11 Å². The minimum absolute atomic E-state index is 0.333. The van der Waals surface area contributed by atoms with E-state index in [2.05, 4.69) is 5.32 Å². The molecule has 0 radical (unpaired) electrons. The van der Waals surface area contributed by atoms with E-state index in [1.54, 1.807) is 0 Å². The Hall–Kier alpha value is -0.710. The second kappa shape index (κ2) is 6.13. The maximum absolute atomic E-state index is 12.6. The van der Waals surface area contributed by atoms with Crippen molar-refractivity contribution in [3.63, 3.8) is 0 Å². The lowest BCUT2D eigenvalue weighted by Gasteiger charge is -2.21. The summed E-state index contributed by atoms with van der Waals surface area (Å²) in [4.78, 5) is 11.3. The van der Waals surface area contributed by atoms with Gasteiger partial charge in [-0.2, -0.15) is 0 Å². The van der Waals surface area contributed by atoms with Gasteiger partial charge in [0, 0.05) is 6.42 Å². The lowest BCUT2D eigenvalue weighted by Crippen LogP contribution is -2.39. The lowest BCUT2D eigenvalue weighted by molar-refractivity contribution is -0.125. The van der Waals surface area contributed by atoms with Crippen molar-refractivity contribution in [3.05, 3.63) is 0 Å². The molecule has 1 amide bonds. The zero-order valence-electron chi connectivity index (χ0n) is 9.35. The highest BCUT2D eigenvalue weighted by molar-refractivity contribution is 5.76. The molecule has 94 valence electrons. The van der Waals surface area contributed by atoms with Gasteiger partial charge in [-0.1, -0.05) is 19.3 Å². The first-order valence-electron chi connectivity index (χ1n) is 5.79. The monoisotopic (exact) mass is 235 g/mol. The number of halogens is 2. The smallest absolute Gasteiger partial charge is 0.287 e. The first-order valence-corrected chi connectivity index (χ1v) is 5.79. The molecule has 1 aliphatic carbocycles. The first kappa shape index (κ1) is 13.4. The third-order valence-electron chi connectivity index (χ3n) is 2.97. The average molecular weight is 235 g/mol. The molecule has 0 aromatic rings. The van der Waals surface area contributed by atoms with Crippen LogP contribution in [0.15, 0.2) is 0 Å². The van der Waals surface area contributed by atoms with Crippen molar-refractivity contribution in [2.75, 3.05) is 13.2 Å². The van der Waals surface area contributed by atoms with Crippen molar-refractivity contribution in [2.24, 2.45) is 5.92 Å². The molecule has 0 aliphatic heterocycles. The van der Waals surface area contributed by atoms with Crippen LogP contribution in [-0.2, 0) is 4.79 Å². The van der Waals surface area contributed by atoms with Gasteiger partial charge in [0.05, 0.1) is 6.54 Å². The molecule has 0 heterocycles. The highest BCUT2D eigenvalue weighted by atomic mass is 19.3. The van der Waals surface area contributed by atoms with Gasteiger partial charge in [-0.3, -0.25) is 4.79 Å². The van der Waals surface area contributed by atoms with Gasteiger partial charge < -0.3 is 10.4 Å². The quantitative estimate of drug-likeness (QED) is 0.762. The molecular formula is C11H19F2NO2. The molecule has 5 heteroatoms. The van der Waals surface area contributed by atoms with Crippen molar-refractivity contribution >= 4 is 5.91 Å². The zero-order chi connectivity index (χ0) is 12.0. The first-order chi connectivity index (χ1) is 7.53. The van der Waals surface area contributed by atoms with E-state index in [1.807, 2.05) is 0 Å². The minimum Gasteiger partial charge on any atom is -0.390 e. The number of nitrogens with one attached hydrogen (secondary N) is 1. The fourth-order valence-electron chi connectivity index (χ4n) is 2.01. The second-order valence-corrected chi connectivity index (χ2v) is 4.50. The average Bonchev–Trinajstić information content (AvgIpc) is 2.28. The van der Waals surface area contributed by atoms with Crippen LogP contribution in [0, 0.1) is 5.92 Å². The molecule has 0 bridgehead atoms. The van der Waals surface area contributed by atoms with Gasteiger partial charge in [-0.15, -0.1) is 0 Å². The molecule has 0 aromatic heterocycles. The molecule has 0 saturated heterocycles. The topological polar surface area (TPSA) is 49.3 Å². The van der Waals surface area contributed by atoms with Gasteiger partial charge in [0.1, 0.15) is 6.61 Å². The van der Waals surface area contributed by atoms with Crippen LogP contribution in [0.25, 0.3) is 0 Å². The number of aliphatic hydroxyl groups excluding tert-OH is 1. The molecule has 0 aromatic carbocycles. The Kier molecular flexibility index (Phi) is 5.12. The van der Waals surface area contributed by atoms with Gasteiger partial charge in [-0.25, -0.2) is 8.78 Å². The summed E-state index contributed by atoms with van der Waals surface area (Å²) >= 11 is 0. The largest absolute Gasteiger partial charge is 0.390 e. The summed E-state index contributed by atoms with van der Waals surface area (Å²) in [5.41, 5.74) is 0. The maximum atomic E-state index is 12.6. The number of carbonyl (C=O) groups excluding carboxylic acids is 1. The summed E-state index contributed by atoms with van der Waals surface area (Å²) < 4.78 is 25.3. The highest BCUT2D eigenvalue weighted by Crippen LogP contribution is 2.26. The molecule has 16 heavy (non-hydrogen) atoms. The van der Waals surface area contributed by atoms with Crippen molar-refractivity contribution in [3.8, 4) is 0 Å². The van der Waals surface area contributed by atoms with Crippen molar-refractivity contribution < 1.29 is 18.7 Å². The predicted octanol–water partition coefficient (Wildman–Crippen LogP) is 1.70. The number of alkyl halides is 2. The Morgan fingerprint density at radius 2 is 1.94 bits per heavy atom. The molecule has 2 N–H and O–H groups in total. The van der Waals surface area contributed by atoms with Crippen LogP contribution in [0.1, 0.15) is 38.5 Å². The Morgan fingerprint density at radius 1 is 1.31 bits per heavy atom. The van der Waals surface area contributed by atoms with E-state index >= 15 is 0 Å². The molecule has 0 unspecified atom stereocenters. The second-order valence-electron chi connectivity index (χ2n) is 4.50. The van der Waals surface area contributed by atoms with Crippen molar-refractivity contribution in [1.82, 2.24) is 5.32 Å². The molecule has 1 rings (SSSR count). The Labute approximate surface area is 94.2 Å². The van der Waals surface area contributed by atoms with E-state index in [1.165, 1.54) is 6.42 Å². The fourth-order valence-corrected chi connectivity index (χ4v) is 2.01. The Bertz CT molecular complexity index is 228. The van der Waals surface area contributed by atoms with E-state index in [-0.39, 0.29) is 5.91 Å². The number of hydrogen-bond acceptors (Lipinski definition) is 2. The standard InChI is InChI=1S/C11H19F2NO2/c12-11(13,8-15)7-14-10(16)6-9-4-2-1-3-5-9/h9,15H,1-8H2,(H,14,16). The van der Waals surface area contributed by atoms with E-state index in [0.717, 1.165) is 25.7 Å². The molecule has 1 aliphatic rings. The lowest BCUT2D eigenvalue weighted by atomic mass is 9.87.